The zero-order chi connectivity index (χ0) is 8.23. The van der Waals surface area contributed by atoms with Gasteiger partial charge in [-0.3, -0.25) is 9.97 Å². The van der Waals surface area contributed by atoms with Gasteiger partial charge in [0.1, 0.15) is 0 Å². The summed E-state index contributed by atoms with van der Waals surface area (Å²) >= 11 is 0. The Labute approximate surface area is 70.9 Å². The Bertz CT molecular complexity index is 305. The fraction of sp³-hybridized carbons (Fsp3) is 0. The molecule has 0 saturated heterocycles. The van der Waals surface area contributed by atoms with Crippen LogP contribution in [0.3, 0.4) is 0 Å². The highest BCUT2D eigenvalue weighted by Gasteiger charge is 1.96. The first kappa shape index (κ1) is 6.98. The fourth-order valence-corrected chi connectivity index (χ4v) is 0.968. The van der Waals surface area contributed by atoms with Gasteiger partial charge in [-0.1, -0.05) is 12.1 Å². The number of hydrogen-bond acceptors (Lipinski definition) is 2. The van der Waals surface area contributed by atoms with Crippen LogP contribution in [0.2, 0.25) is 0 Å². The predicted octanol–water partition coefficient (Wildman–Crippen LogP) is 1.94. The summed E-state index contributed by atoms with van der Waals surface area (Å²) in [5, 5.41) is 0. The fourth-order valence-electron chi connectivity index (χ4n) is 0.968. The lowest BCUT2D eigenvalue weighted by Crippen LogP contribution is -1.84. The van der Waals surface area contributed by atoms with Crippen molar-refractivity contribution in [2.24, 2.45) is 0 Å². The first-order valence-corrected chi connectivity index (χ1v) is 3.71. The van der Waals surface area contributed by atoms with E-state index in [1.807, 2.05) is 30.3 Å². The van der Waals surface area contributed by atoms with Gasteiger partial charge >= 0.3 is 0 Å². The van der Waals surface area contributed by atoms with E-state index in [0.29, 0.717) is 0 Å². The molecule has 0 atom stereocenters. The number of pyridine rings is 2. The van der Waals surface area contributed by atoms with Crippen LogP contribution in [0, 0.1) is 6.07 Å². The lowest BCUT2D eigenvalue weighted by molar-refractivity contribution is 1.24. The van der Waals surface area contributed by atoms with E-state index in [0.717, 1.165) is 11.4 Å². The van der Waals surface area contributed by atoms with Crippen molar-refractivity contribution in [3.05, 3.63) is 48.8 Å². The maximum absolute atomic E-state index is 4.16. The first-order chi connectivity index (χ1) is 5.97. The SMILES string of the molecule is [c]1cccnc1-c1ccccn1. The van der Waals surface area contributed by atoms with E-state index in [2.05, 4.69) is 16.0 Å². The van der Waals surface area contributed by atoms with E-state index >= 15 is 0 Å². The van der Waals surface area contributed by atoms with Crippen LogP contribution in [0.25, 0.3) is 11.4 Å². The van der Waals surface area contributed by atoms with Crippen molar-refractivity contribution in [3.8, 4) is 11.4 Å². The maximum Gasteiger partial charge on any atom is 0.0965 e. The standard InChI is InChI=1S/C10H7N2/c1-3-7-11-9(5-1)10-6-2-4-8-12-10/h1-5,7-8H. The summed E-state index contributed by atoms with van der Waals surface area (Å²) in [6, 6.07) is 12.4. The molecule has 2 heterocycles. The largest absolute Gasteiger partial charge is 0.255 e. The molecule has 2 rings (SSSR count). The zero-order valence-corrected chi connectivity index (χ0v) is 6.44. The summed E-state index contributed by atoms with van der Waals surface area (Å²) in [7, 11) is 0. The summed E-state index contributed by atoms with van der Waals surface area (Å²) in [6.07, 6.45) is 3.48. The molecule has 0 amide bonds. The second-order valence-electron chi connectivity index (χ2n) is 2.35. The lowest BCUT2D eigenvalue weighted by atomic mass is 10.2. The second-order valence-corrected chi connectivity index (χ2v) is 2.35. The van der Waals surface area contributed by atoms with Gasteiger partial charge in [0.05, 0.1) is 11.4 Å². The van der Waals surface area contributed by atoms with E-state index in [-0.39, 0.29) is 0 Å². The molecule has 0 aliphatic heterocycles. The van der Waals surface area contributed by atoms with Crippen LogP contribution < -0.4 is 0 Å². The Balaban J connectivity index is 2.46. The van der Waals surface area contributed by atoms with Crippen LogP contribution in [-0.4, -0.2) is 9.97 Å². The highest BCUT2D eigenvalue weighted by molar-refractivity contribution is 5.51. The summed E-state index contributed by atoms with van der Waals surface area (Å²) in [4.78, 5) is 8.29. The summed E-state index contributed by atoms with van der Waals surface area (Å²) in [5.74, 6) is 0. The van der Waals surface area contributed by atoms with Crippen molar-refractivity contribution in [2.75, 3.05) is 0 Å². The van der Waals surface area contributed by atoms with E-state index < -0.39 is 0 Å². The summed E-state index contributed by atoms with van der Waals surface area (Å²) < 4.78 is 0. The van der Waals surface area contributed by atoms with Crippen LogP contribution in [0.4, 0.5) is 0 Å². The number of hydrogen-bond donors (Lipinski definition) is 0. The molecule has 1 radical (unpaired) electrons. The Morgan fingerprint density at radius 2 is 1.92 bits per heavy atom. The molecule has 0 saturated carbocycles. The molecule has 2 aromatic rings. The van der Waals surface area contributed by atoms with Gasteiger partial charge in [-0.15, -0.1) is 0 Å². The highest BCUT2D eigenvalue weighted by atomic mass is 14.7. The van der Waals surface area contributed by atoms with E-state index in [1.54, 1.807) is 12.4 Å². The molecule has 0 fully saturated rings. The molecule has 0 unspecified atom stereocenters. The van der Waals surface area contributed by atoms with Crippen molar-refractivity contribution in [1.82, 2.24) is 9.97 Å². The quantitative estimate of drug-likeness (QED) is 0.629. The molecule has 2 nitrogen and oxygen atoms in total. The third-order valence-corrected chi connectivity index (χ3v) is 1.51. The van der Waals surface area contributed by atoms with Crippen molar-refractivity contribution < 1.29 is 0 Å². The molecule has 12 heavy (non-hydrogen) atoms. The second kappa shape index (κ2) is 3.13. The summed E-state index contributed by atoms with van der Waals surface area (Å²) in [6.45, 7) is 0. The predicted molar refractivity (Wildman–Crippen MR) is 46.3 cm³/mol. The Morgan fingerprint density at radius 3 is 2.58 bits per heavy atom. The van der Waals surface area contributed by atoms with Gasteiger partial charge in [-0.25, -0.2) is 0 Å². The molecule has 0 aliphatic carbocycles. The Morgan fingerprint density at radius 1 is 1.00 bits per heavy atom. The third kappa shape index (κ3) is 1.32. The van der Waals surface area contributed by atoms with Gasteiger partial charge in [-0.05, 0) is 18.2 Å². The molecular formula is C10H7N2. The zero-order valence-electron chi connectivity index (χ0n) is 6.44. The minimum absolute atomic E-state index is 0.790. The monoisotopic (exact) mass is 155 g/mol. The number of nitrogens with zero attached hydrogens (tertiary/aromatic N) is 2. The van der Waals surface area contributed by atoms with Gasteiger partial charge in [0.25, 0.3) is 0 Å². The average molecular weight is 155 g/mol. The smallest absolute Gasteiger partial charge is 0.0965 e. The number of aromatic nitrogens is 2. The van der Waals surface area contributed by atoms with Crippen molar-refractivity contribution in [1.29, 1.82) is 0 Å². The molecule has 0 aromatic carbocycles. The van der Waals surface area contributed by atoms with Crippen LogP contribution in [0.1, 0.15) is 0 Å². The topological polar surface area (TPSA) is 25.8 Å². The average Bonchev–Trinajstić information content (AvgIpc) is 2.21. The molecule has 2 aromatic heterocycles. The molecule has 0 bridgehead atoms. The van der Waals surface area contributed by atoms with E-state index in [4.69, 9.17) is 0 Å². The van der Waals surface area contributed by atoms with E-state index in [9.17, 15) is 0 Å². The van der Waals surface area contributed by atoms with Crippen molar-refractivity contribution >= 4 is 0 Å². The maximum atomic E-state index is 4.16. The van der Waals surface area contributed by atoms with E-state index in [1.165, 1.54) is 0 Å². The molecular weight excluding hydrogens is 148 g/mol. The van der Waals surface area contributed by atoms with Gasteiger partial charge in [0.15, 0.2) is 0 Å². The van der Waals surface area contributed by atoms with Gasteiger partial charge in [0, 0.05) is 18.5 Å². The van der Waals surface area contributed by atoms with Crippen LogP contribution in [0.15, 0.2) is 42.7 Å². The Hall–Kier alpha value is -1.70. The first-order valence-electron chi connectivity index (χ1n) is 3.71. The molecule has 0 N–H and O–H groups in total. The minimum atomic E-state index is 0.790. The normalized spacial score (nSPS) is 9.67. The van der Waals surface area contributed by atoms with Crippen LogP contribution in [0.5, 0.6) is 0 Å². The molecule has 2 heteroatoms. The summed E-state index contributed by atoms with van der Waals surface area (Å²) in [5.41, 5.74) is 1.65. The van der Waals surface area contributed by atoms with Gasteiger partial charge in [-0.2, -0.15) is 0 Å². The molecule has 57 valence electrons. The number of rotatable bonds is 1. The van der Waals surface area contributed by atoms with Gasteiger partial charge < -0.3 is 0 Å². The third-order valence-electron chi connectivity index (χ3n) is 1.51. The highest BCUT2D eigenvalue weighted by Crippen LogP contribution is 2.10. The molecule has 0 spiro atoms. The van der Waals surface area contributed by atoms with Gasteiger partial charge in [0.2, 0.25) is 0 Å². The Kier molecular flexibility index (Phi) is 1.82. The van der Waals surface area contributed by atoms with Crippen molar-refractivity contribution in [3.63, 3.8) is 0 Å². The van der Waals surface area contributed by atoms with Crippen LogP contribution in [-0.2, 0) is 0 Å². The minimum Gasteiger partial charge on any atom is -0.255 e. The molecule has 0 aliphatic rings. The lowest BCUT2D eigenvalue weighted by Gasteiger charge is -1.95. The van der Waals surface area contributed by atoms with Crippen LogP contribution >= 0.6 is 0 Å². The van der Waals surface area contributed by atoms with Crippen molar-refractivity contribution in [2.45, 2.75) is 0 Å².